The fraction of sp³-hybridized carbons (Fsp3) is 0.818. The van der Waals surface area contributed by atoms with Crippen LogP contribution in [-0.4, -0.2) is 45.1 Å². The number of primary amides is 1. The van der Waals surface area contributed by atoms with E-state index in [1.54, 1.807) is 5.32 Å². The molecule has 0 atom stereocenters. The zero-order valence-electron chi connectivity index (χ0n) is 10.4. The average Bonchev–Trinajstić information content (AvgIpc) is 2.30. The van der Waals surface area contributed by atoms with Crippen LogP contribution in [0.3, 0.4) is 0 Å². The number of rotatable bonds is 13. The first-order chi connectivity index (χ1) is 8.27. The molecule has 6 nitrogen and oxygen atoms in total. The molecule has 0 unspecified atom stereocenters. The molecular weight excluding hydrogens is 220 g/mol. The second kappa shape index (κ2) is 13.1. The number of carbonyl (C=O) groups excluding carboxylic acids is 1. The van der Waals surface area contributed by atoms with Crippen molar-refractivity contribution in [3.63, 3.8) is 0 Å². The third-order valence-electron chi connectivity index (χ3n) is 2.25. The lowest BCUT2D eigenvalue weighted by Crippen LogP contribution is -2.82. The van der Waals surface area contributed by atoms with E-state index in [0.717, 1.165) is 51.9 Å². The van der Waals surface area contributed by atoms with Crippen LogP contribution >= 0.6 is 0 Å². The number of quaternary nitrogens is 1. The van der Waals surface area contributed by atoms with Crippen LogP contribution < -0.4 is 16.4 Å². The summed E-state index contributed by atoms with van der Waals surface area (Å²) in [4.78, 5) is 10.00. The highest BCUT2D eigenvalue weighted by molar-refractivity contribution is 5.76. The molecular formula is C11H25N4O2+. The third-order valence-corrected chi connectivity index (χ3v) is 2.25. The lowest BCUT2D eigenvalue weighted by Gasteiger charge is -2.05. The van der Waals surface area contributed by atoms with Gasteiger partial charge in [-0.2, -0.15) is 0 Å². The first kappa shape index (κ1) is 16.0. The lowest BCUT2D eigenvalue weighted by atomic mass is 10.2. The highest BCUT2D eigenvalue weighted by atomic mass is 16.5. The van der Waals surface area contributed by atoms with Crippen LogP contribution in [0, 0.1) is 5.41 Å². The zero-order valence-corrected chi connectivity index (χ0v) is 10.4. The quantitative estimate of drug-likeness (QED) is 0.142. The SMILES string of the molecule is N=C(N)CCNCCOCCCCC[NH2+]C=O. The molecule has 0 bridgehead atoms. The van der Waals surface area contributed by atoms with Crippen molar-refractivity contribution in [3.8, 4) is 0 Å². The van der Waals surface area contributed by atoms with Gasteiger partial charge in [0.05, 0.1) is 19.0 Å². The third kappa shape index (κ3) is 15.0. The van der Waals surface area contributed by atoms with Crippen LogP contribution in [0.1, 0.15) is 25.7 Å². The van der Waals surface area contributed by atoms with E-state index in [1.807, 2.05) is 0 Å². The molecule has 0 rings (SSSR count). The Bertz CT molecular complexity index is 200. The van der Waals surface area contributed by atoms with E-state index in [1.165, 1.54) is 0 Å². The van der Waals surface area contributed by atoms with Gasteiger partial charge in [-0.25, -0.2) is 4.79 Å². The molecule has 0 aromatic carbocycles. The molecule has 0 aliphatic carbocycles. The molecule has 0 aromatic rings. The topological polar surface area (TPSA) is 105 Å². The van der Waals surface area contributed by atoms with Gasteiger partial charge in [0.1, 0.15) is 0 Å². The number of amidine groups is 1. The van der Waals surface area contributed by atoms with E-state index in [2.05, 4.69) is 5.32 Å². The average molecular weight is 245 g/mol. The van der Waals surface area contributed by atoms with Crippen molar-refractivity contribution in [1.29, 1.82) is 5.41 Å². The smallest absolute Gasteiger partial charge is 0.298 e. The Hall–Kier alpha value is -0.980. The van der Waals surface area contributed by atoms with Gasteiger partial charge < -0.3 is 15.8 Å². The summed E-state index contributed by atoms with van der Waals surface area (Å²) in [6.45, 7) is 3.87. The maximum atomic E-state index is 10.00. The van der Waals surface area contributed by atoms with Crippen molar-refractivity contribution in [1.82, 2.24) is 5.32 Å². The first-order valence-electron chi connectivity index (χ1n) is 6.15. The van der Waals surface area contributed by atoms with Crippen molar-refractivity contribution in [3.05, 3.63) is 0 Å². The molecule has 0 fully saturated rings. The molecule has 6 N–H and O–H groups in total. The van der Waals surface area contributed by atoms with Gasteiger partial charge in [0, 0.05) is 26.1 Å². The molecule has 1 amide bonds. The minimum absolute atomic E-state index is 0.213. The number of hydrogen-bond donors (Lipinski definition) is 4. The van der Waals surface area contributed by atoms with Crippen LogP contribution in [0.25, 0.3) is 0 Å². The number of unbranched alkanes of at least 4 members (excludes halogenated alkanes) is 2. The summed E-state index contributed by atoms with van der Waals surface area (Å²) in [5, 5.41) is 11.8. The predicted molar refractivity (Wildman–Crippen MR) is 66.9 cm³/mol. The minimum atomic E-state index is 0.213. The van der Waals surface area contributed by atoms with Crippen LogP contribution in [0.15, 0.2) is 0 Å². The van der Waals surface area contributed by atoms with Crippen molar-refractivity contribution in [2.75, 3.05) is 32.8 Å². The van der Waals surface area contributed by atoms with Gasteiger partial charge >= 0.3 is 0 Å². The van der Waals surface area contributed by atoms with Crippen LogP contribution in [0.4, 0.5) is 0 Å². The van der Waals surface area contributed by atoms with Gasteiger partial charge in [0.25, 0.3) is 6.41 Å². The molecule has 17 heavy (non-hydrogen) atoms. The van der Waals surface area contributed by atoms with Crippen LogP contribution in [0.5, 0.6) is 0 Å². The van der Waals surface area contributed by atoms with Crippen molar-refractivity contribution >= 4 is 12.2 Å². The molecule has 0 spiro atoms. The van der Waals surface area contributed by atoms with Crippen molar-refractivity contribution < 1.29 is 14.8 Å². The molecule has 6 heteroatoms. The van der Waals surface area contributed by atoms with E-state index >= 15 is 0 Å². The van der Waals surface area contributed by atoms with Gasteiger partial charge in [0.2, 0.25) is 0 Å². The molecule has 0 aliphatic rings. The summed E-state index contributed by atoms with van der Waals surface area (Å²) in [6, 6.07) is 0. The Kier molecular flexibility index (Phi) is 12.3. The summed E-state index contributed by atoms with van der Waals surface area (Å²) in [5.74, 6) is 0.213. The minimum Gasteiger partial charge on any atom is -0.388 e. The van der Waals surface area contributed by atoms with Crippen molar-refractivity contribution in [2.45, 2.75) is 25.7 Å². The Labute approximate surface area is 103 Å². The molecule has 0 saturated carbocycles. The van der Waals surface area contributed by atoms with Gasteiger partial charge in [-0.05, 0) is 19.3 Å². The maximum absolute atomic E-state index is 10.00. The van der Waals surface area contributed by atoms with Gasteiger partial charge in [0.15, 0.2) is 0 Å². The lowest BCUT2D eigenvalue weighted by molar-refractivity contribution is -0.555. The number of ether oxygens (including phenoxy) is 1. The summed E-state index contributed by atoms with van der Waals surface area (Å²) in [6.07, 6.45) is 4.64. The summed E-state index contributed by atoms with van der Waals surface area (Å²) in [7, 11) is 0. The van der Waals surface area contributed by atoms with E-state index in [-0.39, 0.29) is 5.84 Å². The fourth-order valence-electron chi connectivity index (χ4n) is 1.31. The number of carbonyl (C=O) groups is 1. The Morgan fingerprint density at radius 2 is 2.12 bits per heavy atom. The Morgan fingerprint density at radius 1 is 1.29 bits per heavy atom. The molecule has 0 saturated heterocycles. The fourth-order valence-corrected chi connectivity index (χ4v) is 1.31. The molecule has 0 aliphatic heterocycles. The normalized spacial score (nSPS) is 10.4. The number of nitrogens with two attached hydrogens (primary N) is 2. The monoisotopic (exact) mass is 245 g/mol. The number of hydrogen-bond acceptors (Lipinski definition) is 4. The van der Waals surface area contributed by atoms with Gasteiger partial charge in [-0.1, -0.05) is 0 Å². The number of amides is 1. The molecule has 100 valence electrons. The Balaban J connectivity index is 2.94. The van der Waals surface area contributed by atoms with E-state index < -0.39 is 0 Å². The van der Waals surface area contributed by atoms with E-state index in [9.17, 15) is 4.79 Å². The van der Waals surface area contributed by atoms with E-state index in [4.69, 9.17) is 15.9 Å². The maximum Gasteiger partial charge on any atom is 0.298 e. The molecule has 0 aromatic heterocycles. The second-order valence-electron chi connectivity index (χ2n) is 3.86. The largest absolute Gasteiger partial charge is 0.388 e. The summed E-state index contributed by atoms with van der Waals surface area (Å²) in [5.41, 5.74) is 5.21. The zero-order chi connectivity index (χ0) is 12.8. The van der Waals surface area contributed by atoms with Gasteiger partial charge in [-0.3, -0.25) is 10.7 Å². The Morgan fingerprint density at radius 3 is 2.82 bits per heavy atom. The predicted octanol–water partition coefficient (Wildman–Crippen LogP) is -1.19. The van der Waals surface area contributed by atoms with Crippen LogP contribution in [0.2, 0.25) is 0 Å². The standard InChI is InChI=1S/C11H24N4O2/c12-11(13)4-6-14-7-9-17-8-3-1-2-5-15-10-16/h10,14H,1-9H2,(H3,12,13)(H,15,16)/p+1. The highest BCUT2D eigenvalue weighted by Crippen LogP contribution is 1.93. The molecule has 0 heterocycles. The van der Waals surface area contributed by atoms with E-state index in [0.29, 0.717) is 13.0 Å². The second-order valence-corrected chi connectivity index (χ2v) is 3.86. The van der Waals surface area contributed by atoms with Crippen LogP contribution in [-0.2, 0) is 9.53 Å². The van der Waals surface area contributed by atoms with Crippen molar-refractivity contribution in [2.24, 2.45) is 5.73 Å². The molecule has 0 radical (unpaired) electrons. The summed E-state index contributed by atoms with van der Waals surface area (Å²) >= 11 is 0. The number of nitrogens with one attached hydrogen (secondary N) is 2. The first-order valence-corrected chi connectivity index (χ1v) is 6.15. The highest BCUT2D eigenvalue weighted by Gasteiger charge is 1.93. The summed E-state index contributed by atoms with van der Waals surface area (Å²) < 4.78 is 5.42. The van der Waals surface area contributed by atoms with Gasteiger partial charge in [-0.15, -0.1) is 0 Å².